The molecule has 1 saturated heterocycles. The van der Waals surface area contributed by atoms with Crippen molar-refractivity contribution in [3.63, 3.8) is 0 Å². The number of methoxy groups -OCH3 is 3. The number of fused-ring (bicyclic) bond motifs is 5. The van der Waals surface area contributed by atoms with Crippen LogP contribution in [0.25, 0.3) is 0 Å². The van der Waals surface area contributed by atoms with Crippen LogP contribution in [0.4, 0.5) is 0 Å². The molecular weight excluding hydrogens is 338 g/mol. The van der Waals surface area contributed by atoms with Crippen LogP contribution in [0.5, 0.6) is 17.2 Å². The molecule has 1 unspecified atom stereocenters. The third kappa shape index (κ3) is 2.23. The van der Waals surface area contributed by atoms with Crippen LogP contribution in [-0.4, -0.2) is 69.1 Å². The maximum Gasteiger partial charge on any atom is 0.342 e. The van der Waals surface area contributed by atoms with E-state index in [9.17, 15) is 9.90 Å². The topological polar surface area (TPSA) is 77.5 Å². The summed E-state index contributed by atoms with van der Waals surface area (Å²) in [5.41, 5.74) is 2.29. The minimum Gasteiger partial charge on any atom is -0.493 e. The van der Waals surface area contributed by atoms with Gasteiger partial charge in [0.15, 0.2) is 11.5 Å². The standard InChI is InChI=1S/C19H23NO6/c1-20-6-5-9-7-11(21)16-13(15(9)20)10-8-12(23-2)17(24-3)18(25-4)14(10)19(22)26-16/h7-8,11,13,15-16,21H,5-6H2,1-4H3/t11?,13-,15+,16+/m0/s1. The molecule has 1 aromatic carbocycles. The third-order valence-corrected chi connectivity index (χ3v) is 5.69. The molecule has 1 aromatic rings. The molecule has 26 heavy (non-hydrogen) atoms. The summed E-state index contributed by atoms with van der Waals surface area (Å²) in [6, 6.07) is 1.88. The first-order chi connectivity index (χ1) is 12.5. The fourth-order valence-electron chi connectivity index (χ4n) is 4.59. The zero-order valence-electron chi connectivity index (χ0n) is 15.3. The number of nitrogens with zero attached hydrogens (tertiary/aromatic N) is 1. The number of esters is 1. The van der Waals surface area contributed by atoms with Gasteiger partial charge in [-0.2, -0.15) is 0 Å². The molecule has 3 aliphatic rings. The summed E-state index contributed by atoms with van der Waals surface area (Å²) in [5.74, 6) is 0.435. The van der Waals surface area contributed by atoms with Gasteiger partial charge in [0, 0.05) is 18.5 Å². The van der Waals surface area contributed by atoms with Gasteiger partial charge >= 0.3 is 5.97 Å². The summed E-state index contributed by atoms with van der Waals surface area (Å²) in [4.78, 5) is 15.0. The molecule has 140 valence electrons. The summed E-state index contributed by atoms with van der Waals surface area (Å²) in [6.45, 7) is 0.903. The summed E-state index contributed by atoms with van der Waals surface area (Å²) in [5, 5.41) is 10.6. The molecule has 0 amide bonds. The van der Waals surface area contributed by atoms with Gasteiger partial charge in [-0.15, -0.1) is 0 Å². The molecular formula is C19H23NO6. The fraction of sp³-hybridized carbons (Fsp3) is 0.526. The molecule has 0 aromatic heterocycles. The first-order valence-electron chi connectivity index (χ1n) is 8.64. The molecule has 1 N–H and O–H groups in total. The maximum atomic E-state index is 12.8. The Morgan fingerprint density at radius 3 is 2.58 bits per heavy atom. The van der Waals surface area contributed by atoms with Gasteiger partial charge in [0.25, 0.3) is 0 Å². The first kappa shape index (κ1) is 17.2. The van der Waals surface area contributed by atoms with Crippen LogP contribution in [-0.2, 0) is 4.74 Å². The van der Waals surface area contributed by atoms with Crippen molar-refractivity contribution in [2.75, 3.05) is 34.9 Å². The van der Waals surface area contributed by atoms with E-state index in [-0.39, 0.29) is 12.0 Å². The van der Waals surface area contributed by atoms with Crippen molar-refractivity contribution in [2.24, 2.45) is 0 Å². The van der Waals surface area contributed by atoms with Crippen molar-refractivity contribution in [1.29, 1.82) is 0 Å². The van der Waals surface area contributed by atoms with Crippen LogP contribution < -0.4 is 14.2 Å². The molecule has 2 heterocycles. The lowest BCUT2D eigenvalue weighted by Crippen LogP contribution is -2.50. The predicted molar refractivity (Wildman–Crippen MR) is 93.2 cm³/mol. The number of carbonyl (C=O) groups excluding carboxylic acids is 1. The Kier molecular flexibility index (Phi) is 4.08. The van der Waals surface area contributed by atoms with Gasteiger partial charge in [-0.1, -0.05) is 11.6 Å². The second kappa shape index (κ2) is 6.17. The molecule has 0 radical (unpaired) electrons. The average Bonchev–Trinajstić information content (AvgIpc) is 3.00. The van der Waals surface area contributed by atoms with Crippen LogP contribution in [0.2, 0.25) is 0 Å². The molecule has 1 aliphatic carbocycles. The Morgan fingerprint density at radius 1 is 1.19 bits per heavy atom. The molecule has 7 heteroatoms. The number of ether oxygens (including phenoxy) is 4. The molecule has 2 aliphatic heterocycles. The maximum absolute atomic E-state index is 12.8. The van der Waals surface area contributed by atoms with E-state index in [4.69, 9.17) is 18.9 Å². The molecule has 1 fully saturated rings. The minimum absolute atomic E-state index is 0.0676. The minimum atomic E-state index is -0.825. The number of aliphatic hydroxyl groups is 1. The zero-order chi connectivity index (χ0) is 18.6. The highest BCUT2D eigenvalue weighted by molar-refractivity contribution is 5.97. The van der Waals surface area contributed by atoms with Gasteiger partial charge < -0.3 is 24.1 Å². The highest BCUT2D eigenvalue weighted by Crippen LogP contribution is 2.52. The largest absolute Gasteiger partial charge is 0.493 e. The summed E-state index contributed by atoms with van der Waals surface area (Å²) in [7, 11) is 6.58. The first-order valence-corrected chi connectivity index (χ1v) is 8.64. The summed E-state index contributed by atoms with van der Waals surface area (Å²) < 4.78 is 22.0. The van der Waals surface area contributed by atoms with Crippen LogP contribution >= 0.6 is 0 Å². The van der Waals surface area contributed by atoms with E-state index in [1.807, 2.05) is 19.2 Å². The van der Waals surface area contributed by atoms with E-state index in [0.717, 1.165) is 18.5 Å². The lowest BCUT2D eigenvalue weighted by molar-refractivity contribution is -0.0341. The van der Waals surface area contributed by atoms with Crippen molar-refractivity contribution >= 4 is 5.97 Å². The summed E-state index contributed by atoms with van der Waals surface area (Å²) >= 11 is 0. The zero-order valence-corrected chi connectivity index (χ0v) is 15.3. The van der Waals surface area contributed by atoms with E-state index in [1.165, 1.54) is 19.8 Å². The Morgan fingerprint density at radius 2 is 1.92 bits per heavy atom. The number of likely N-dealkylation sites (tertiary alicyclic amines) is 1. The van der Waals surface area contributed by atoms with Gasteiger partial charge in [-0.05, 0) is 25.1 Å². The van der Waals surface area contributed by atoms with Gasteiger partial charge in [-0.3, -0.25) is 4.90 Å². The van der Waals surface area contributed by atoms with E-state index < -0.39 is 18.2 Å². The third-order valence-electron chi connectivity index (χ3n) is 5.69. The molecule has 7 nitrogen and oxygen atoms in total. The van der Waals surface area contributed by atoms with E-state index >= 15 is 0 Å². The molecule has 4 rings (SSSR count). The number of likely N-dealkylation sites (N-methyl/N-ethyl adjacent to an activating group) is 1. The van der Waals surface area contributed by atoms with Crippen LogP contribution in [0, 0.1) is 0 Å². The Balaban J connectivity index is 1.97. The number of hydrogen-bond donors (Lipinski definition) is 1. The van der Waals surface area contributed by atoms with Crippen LogP contribution in [0.3, 0.4) is 0 Å². The molecule has 4 atom stereocenters. The van der Waals surface area contributed by atoms with Crippen LogP contribution in [0.1, 0.15) is 28.3 Å². The molecule has 0 bridgehead atoms. The second-order valence-corrected chi connectivity index (χ2v) is 6.91. The van der Waals surface area contributed by atoms with Gasteiger partial charge in [0.05, 0.1) is 21.3 Å². The number of benzene rings is 1. The number of aliphatic hydroxyl groups excluding tert-OH is 1. The van der Waals surface area contributed by atoms with E-state index in [2.05, 4.69) is 4.90 Å². The van der Waals surface area contributed by atoms with Gasteiger partial charge in [0.1, 0.15) is 17.8 Å². The molecule has 0 saturated carbocycles. The lowest BCUT2D eigenvalue weighted by Gasteiger charge is -2.44. The smallest absolute Gasteiger partial charge is 0.342 e. The van der Waals surface area contributed by atoms with Gasteiger partial charge in [0.2, 0.25) is 5.75 Å². The monoisotopic (exact) mass is 361 g/mol. The van der Waals surface area contributed by atoms with E-state index in [1.54, 1.807) is 7.11 Å². The lowest BCUT2D eigenvalue weighted by atomic mass is 9.73. The van der Waals surface area contributed by atoms with Crippen molar-refractivity contribution < 1.29 is 28.8 Å². The number of carbonyl (C=O) groups is 1. The average molecular weight is 361 g/mol. The SMILES string of the molecule is COc1cc2c(c(OC)c1OC)C(=O)O[C@@H]1C(O)C=C3CCN(C)[C@H]3[C@H]21. The Hall–Kier alpha value is -2.25. The normalized spacial score (nSPS) is 29.9. The Bertz CT molecular complexity index is 789. The number of hydrogen-bond acceptors (Lipinski definition) is 7. The van der Waals surface area contributed by atoms with Crippen LogP contribution in [0.15, 0.2) is 17.7 Å². The highest BCUT2D eigenvalue weighted by atomic mass is 16.6. The second-order valence-electron chi connectivity index (χ2n) is 6.91. The van der Waals surface area contributed by atoms with Crippen molar-refractivity contribution in [3.8, 4) is 17.2 Å². The molecule has 0 spiro atoms. The quantitative estimate of drug-likeness (QED) is 0.643. The Labute approximate surface area is 152 Å². The summed E-state index contributed by atoms with van der Waals surface area (Å²) in [6.07, 6.45) is 1.28. The van der Waals surface area contributed by atoms with E-state index in [0.29, 0.717) is 22.8 Å². The highest BCUT2D eigenvalue weighted by Gasteiger charge is 2.51. The predicted octanol–water partition coefficient (Wildman–Crippen LogP) is 1.34. The fourth-order valence-corrected chi connectivity index (χ4v) is 4.59. The van der Waals surface area contributed by atoms with Crippen molar-refractivity contribution in [1.82, 2.24) is 4.90 Å². The number of rotatable bonds is 3. The van der Waals surface area contributed by atoms with Crippen molar-refractivity contribution in [3.05, 3.63) is 28.8 Å². The van der Waals surface area contributed by atoms with Gasteiger partial charge in [-0.25, -0.2) is 4.79 Å². The van der Waals surface area contributed by atoms with Crippen molar-refractivity contribution in [2.45, 2.75) is 30.6 Å².